The first-order chi connectivity index (χ1) is 6.22. The number of nitriles is 1. The van der Waals surface area contributed by atoms with Gasteiger partial charge in [-0.3, -0.25) is 0 Å². The maximum atomic E-state index is 13.4. The molecule has 0 fully saturated rings. The van der Waals surface area contributed by atoms with Crippen LogP contribution < -0.4 is 4.74 Å². The van der Waals surface area contributed by atoms with Gasteiger partial charge in [0.05, 0.1) is 18.2 Å². The van der Waals surface area contributed by atoms with Gasteiger partial charge in [0.1, 0.15) is 11.6 Å². The fourth-order valence-electron chi connectivity index (χ4n) is 1.55. The van der Waals surface area contributed by atoms with Crippen LogP contribution in [0.4, 0.5) is 4.39 Å². The summed E-state index contributed by atoms with van der Waals surface area (Å²) in [5.41, 5.74) is 0.907. The van der Waals surface area contributed by atoms with Crippen molar-refractivity contribution in [2.45, 2.75) is 12.8 Å². The molecule has 0 spiro atoms. The van der Waals surface area contributed by atoms with E-state index >= 15 is 0 Å². The van der Waals surface area contributed by atoms with Gasteiger partial charge >= 0.3 is 0 Å². The number of hydrogen-bond donors (Lipinski definition) is 0. The Bertz CT molecular complexity index is 395. The van der Waals surface area contributed by atoms with E-state index in [9.17, 15) is 4.39 Å². The SMILES string of the molecule is CC1COc2cc(C#N)cc(F)c21. The summed E-state index contributed by atoms with van der Waals surface area (Å²) in [6, 6.07) is 4.73. The Hall–Kier alpha value is -1.56. The number of benzene rings is 1. The normalized spacial score (nSPS) is 19.0. The topological polar surface area (TPSA) is 33.0 Å². The number of hydrogen-bond acceptors (Lipinski definition) is 2. The van der Waals surface area contributed by atoms with Crippen molar-refractivity contribution in [1.82, 2.24) is 0 Å². The van der Waals surface area contributed by atoms with E-state index in [1.165, 1.54) is 6.07 Å². The van der Waals surface area contributed by atoms with Gasteiger partial charge in [0.15, 0.2) is 0 Å². The maximum absolute atomic E-state index is 13.4. The van der Waals surface area contributed by atoms with Gasteiger partial charge in [-0.05, 0) is 12.1 Å². The van der Waals surface area contributed by atoms with Crippen LogP contribution in [-0.2, 0) is 0 Å². The standard InChI is InChI=1S/C10H8FNO/c1-6-5-13-9-3-7(4-12)2-8(11)10(6)9/h2-3,6H,5H2,1H3. The van der Waals surface area contributed by atoms with Gasteiger partial charge in [0, 0.05) is 11.5 Å². The van der Waals surface area contributed by atoms with Crippen molar-refractivity contribution >= 4 is 0 Å². The van der Waals surface area contributed by atoms with E-state index in [0.717, 1.165) is 0 Å². The van der Waals surface area contributed by atoms with Crippen LogP contribution >= 0.6 is 0 Å². The van der Waals surface area contributed by atoms with Crippen LogP contribution in [0.2, 0.25) is 0 Å². The Balaban J connectivity index is 2.61. The summed E-state index contributed by atoms with van der Waals surface area (Å²) >= 11 is 0. The third-order valence-electron chi connectivity index (χ3n) is 2.20. The van der Waals surface area contributed by atoms with E-state index in [-0.39, 0.29) is 11.7 Å². The molecule has 0 bridgehead atoms. The lowest BCUT2D eigenvalue weighted by molar-refractivity contribution is 0.337. The molecule has 1 aromatic rings. The molecule has 1 atom stereocenters. The van der Waals surface area contributed by atoms with Crippen LogP contribution in [0.15, 0.2) is 12.1 Å². The molecule has 2 nitrogen and oxygen atoms in total. The minimum atomic E-state index is -0.334. The van der Waals surface area contributed by atoms with Crippen molar-refractivity contribution in [2.75, 3.05) is 6.61 Å². The molecule has 1 aliphatic rings. The number of ether oxygens (including phenoxy) is 1. The van der Waals surface area contributed by atoms with Crippen molar-refractivity contribution in [3.8, 4) is 11.8 Å². The highest BCUT2D eigenvalue weighted by Gasteiger charge is 2.24. The lowest BCUT2D eigenvalue weighted by Gasteiger charge is -2.02. The third-order valence-corrected chi connectivity index (χ3v) is 2.20. The molecule has 1 heterocycles. The highest BCUT2D eigenvalue weighted by molar-refractivity contribution is 5.47. The molecule has 0 aliphatic carbocycles. The van der Waals surface area contributed by atoms with Crippen LogP contribution in [0, 0.1) is 17.1 Å². The summed E-state index contributed by atoms with van der Waals surface area (Å²) in [7, 11) is 0. The van der Waals surface area contributed by atoms with Crippen LogP contribution in [0.5, 0.6) is 5.75 Å². The molecule has 13 heavy (non-hydrogen) atoms. The van der Waals surface area contributed by atoms with Crippen LogP contribution in [0.3, 0.4) is 0 Å². The first-order valence-corrected chi connectivity index (χ1v) is 4.08. The minimum absolute atomic E-state index is 0.0859. The third kappa shape index (κ3) is 1.15. The van der Waals surface area contributed by atoms with Crippen LogP contribution in [-0.4, -0.2) is 6.61 Å². The predicted molar refractivity (Wildman–Crippen MR) is 45.0 cm³/mol. The molecule has 0 N–H and O–H groups in total. The number of fused-ring (bicyclic) bond motifs is 1. The van der Waals surface area contributed by atoms with Gasteiger partial charge in [-0.2, -0.15) is 5.26 Å². The van der Waals surface area contributed by atoms with E-state index in [2.05, 4.69) is 0 Å². The molecule has 0 amide bonds. The van der Waals surface area contributed by atoms with Crippen molar-refractivity contribution in [2.24, 2.45) is 0 Å². The van der Waals surface area contributed by atoms with Crippen LogP contribution in [0.1, 0.15) is 24.0 Å². The molecule has 0 aromatic heterocycles. The number of nitrogens with zero attached hydrogens (tertiary/aromatic N) is 1. The summed E-state index contributed by atoms with van der Waals surface area (Å²) in [6.45, 7) is 2.40. The molecule has 2 rings (SSSR count). The quantitative estimate of drug-likeness (QED) is 0.608. The molecule has 0 saturated carbocycles. The Labute approximate surface area is 75.6 Å². The van der Waals surface area contributed by atoms with E-state index in [1.54, 1.807) is 6.07 Å². The summed E-state index contributed by atoms with van der Waals surface area (Å²) in [4.78, 5) is 0. The molecule has 1 aromatic carbocycles. The van der Waals surface area contributed by atoms with E-state index in [0.29, 0.717) is 23.5 Å². The second-order valence-corrected chi connectivity index (χ2v) is 3.19. The molecule has 1 aliphatic heterocycles. The second kappa shape index (κ2) is 2.74. The van der Waals surface area contributed by atoms with Gasteiger partial charge < -0.3 is 4.74 Å². The summed E-state index contributed by atoms with van der Waals surface area (Å²) in [5.74, 6) is 0.269. The zero-order chi connectivity index (χ0) is 9.42. The van der Waals surface area contributed by atoms with E-state index < -0.39 is 0 Å². The number of halogens is 1. The first kappa shape index (κ1) is 8.06. The van der Waals surface area contributed by atoms with Gasteiger partial charge in [-0.25, -0.2) is 4.39 Å². The summed E-state index contributed by atoms with van der Waals surface area (Å²) in [6.07, 6.45) is 0. The number of rotatable bonds is 0. The molecule has 1 unspecified atom stereocenters. The molecular weight excluding hydrogens is 169 g/mol. The van der Waals surface area contributed by atoms with E-state index in [4.69, 9.17) is 10.00 Å². The monoisotopic (exact) mass is 177 g/mol. The minimum Gasteiger partial charge on any atom is -0.493 e. The summed E-state index contributed by atoms with van der Waals surface area (Å²) in [5, 5.41) is 8.59. The van der Waals surface area contributed by atoms with Gasteiger partial charge in [0.25, 0.3) is 0 Å². The van der Waals surface area contributed by atoms with Gasteiger partial charge in [-0.15, -0.1) is 0 Å². The molecule has 66 valence electrons. The molecule has 0 saturated heterocycles. The lowest BCUT2D eigenvalue weighted by Crippen LogP contribution is -1.95. The maximum Gasteiger partial charge on any atom is 0.131 e. The highest BCUT2D eigenvalue weighted by atomic mass is 19.1. The largest absolute Gasteiger partial charge is 0.493 e. The van der Waals surface area contributed by atoms with Gasteiger partial charge in [0.2, 0.25) is 0 Å². The van der Waals surface area contributed by atoms with Crippen molar-refractivity contribution in [3.63, 3.8) is 0 Å². The Morgan fingerprint density at radius 1 is 1.62 bits per heavy atom. The Morgan fingerprint density at radius 2 is 2.38 bits per heavy atom. The van der Waals surface area contributed by atoms with Gasteiger partial charge in [-0.1, -0.05) is 6.92 Å². The zero-order valence-electron chi connectivity index (χ0n) is 7.17. The average molecular weight is 177 g/mol. The second-order valence-electron chi connectivity index (χ2n) is 3.19. The molecule has 0 radical (unpaired) electrons. The average Bonchev–Trinajstić information content (AvgIpc) is 2.48. The fourth-order valence-corrected chi connectivity index (χ4v) is 1.55. The Morgan fingerprint density at radius 3 is 3.08 bits per heavy atom. The smallest absolute Gasteiger partial charge is 0.131 e. The Kier molecular flexibility index (Phi) is 1.70. The fraction of sp³-hybridized carbons (Fsp3) is 0.300. The van der Waals surface area contributed by atoms with Crippen molar-refractivity contribution in [1.29, 1.82) is 5.26 Å². The van der Waals surface area contributed by atoms with Crippen molar-refractivity contribution < 1.29 is 9.13 Å². The van der Waals surface area contributed by atoms with Crippen molar-refractivity contribution in [3.05, 3.63) is 29.1 Å². The predicted octanol–water partition coefficient (Wildman–Crippen LogP) is 2.19. The highest BCUT2D eigenvalue weighted by Crippen LogP contribution is 2.36. The molecular formula is C10H8FNO. The molecule has 3 heteroatoms. The van der Waals surface area contributed by atoms with E-state index in [1.807, 2.05) is 13.0 Å². The van der Waals surface area contributed by atoms with Crippen LogP contribution in [0.25, 0.3) is 0 Å². The summed E-state index contributed by atoms with van der Waals surface area (Å²) < 4.78 is 18.6. The zero-order valence-corrected chi connectivity index (χ0v) is 7.17. The lowest BCUT2D eigenvalue weighted by atomic mass is 10.0. The first-order valence-electron chi connectivity index (χ1n) is 4.08.